The molecule has 0 aromatic rings. The van der Waals surface area contributed by atoms with Gasteiger partial charge in [0, 0.05) is 0 Å². The first-order valence-electron chi connectivity index (χ1n) is 12.1. The normalized spacial score (nSPS) is 22.1. The van der Waals surface area contributed by atoms with Crippen molar-refractivity contribution in [2.45, 2.75) is 123 Å². The van der Waals surface area contributed by atoms with E-state index < -0.39 is 0 Å². The third kappa shape index (κ3) is 6.48. The minimum Gasteiger partial charge on any atom is -0.0995 e. The van der Waals surface area contributed by atoms with Gasteiger partial charge in [-0.3, -0.25) is 0 Å². The highest BCUT2D eigenvalue weighted by molar-refractivity contribution is 5.26. The lowest BCUT2D eigenvalue weighted by atomic mass is 9.48. The van der Waals surface area contributed by atoms with E-state index in [4.69, 9.17) is 0 Å². The Labute approximate surface area is 186 Å². The summed E-state index contributed by atoms with van der Waals surface area (Å²) in [6.07, 6.45) is 4.64. The molecule has 29 heavy (non-hydrogen) atoms. The van der Waals surface area contributed by atoms with E-state index in [1.165, 1.54) is 24.0 Å². The van der Waals surface area contributed by atoms with Crippen molar-refractivity contribution < 1.29 is 0 Å². The molecule has 1 saturated carbocycles. The average Bonchev–Trinajstić information content (AvgIpc) is 2.84. The zero-order chi connectivity index (χ0) is 23.6. The van der Waals surface area contributed by atoms with Crippen molar-refractivity contribution in [1.29, 1.82) is 0 Å². The van der Waals surface area contributed by atoms with Crippen LogP contribution in [0.1, 0.15) is 123 Å². The second kappa shape index (κ2) is 9.32. The van der Waals surface area contributed by atoms with Gasteiger partial charge in [0.25, 0.3) is 0 Å². The third-order valence-electron chi connectivity index (χ3n) is 8.65. The molecule has 0 saturated heterocycles. The molecule has 1 aliphatic carbocycles. The third-order valence-corrected chi connectivity index (χ3v) is 8.65. The van der Waals surface area contributed by atoms with Crippen LogP contribution in [-0.2, 0) is 0 Å². The summed E-state index contributed by atoms with van der Waals surface area (Å²) in [6, 6.07) is 0. The minimum absolute atomic E-state index is 0.214. The highest BCUT2D eigenvalue weighted by Crippen LogP contribution is 2.62. The van der Waals surface area contributed by atoms with Gasteiger partial charge < -0.3 is 0 Å². The van der Waals surface area contributed by atoms with Gasteiger partial charge in [0.2, 0.25) is 0 Å². The van der Waals surface area contributed by atoms with Crippen molar-refractivity contribution in [2.75, 3.05) is 0 Å². The molecule has 0 amide bonds. The highest BCUT2D eigenvalue weighted by Gasteiger charge is 2.53. The molecule has 3 unspecified atom stereocenters. The predicted molar refractivity (Wildman–Crippen MR) is 135 cm³/mol. The largest absolute Gasteiger partial charge is 0.0995 e. The Morgan fingerprint density at radius 3 is 1.62 bits per heavy atom. The number of hydrogen-bond acceptors (Lipinski definition) is 0. The monoisotopic (exact) mass is 404 g/mol. The molecular weight excluding hydrogens is 348 g/mol. The quantitative estimate of drug-likeness (QED) is 0.386. The maximum Gasteiger partial charge on any atom is -0.0106 e. The molecule has 0 N–H and O–H groups in total. The fraction of sp³-hybridized carbons (Fsp3) is 0.862. The van der Waals surface area contributed by atoms with E-state index in [9.17, 15) is 0 Å². The van der Waals surface area contributed by atoms with Gasteiger partial charge in [-0.1, -0.05) is 121 Å². The molecule has 0 aliphatic heterocycles. The van der Waals surface area contributed by atoms with Crippen LogP contribution < -0.4 is 0 Å². The van der Waals surface area contributed by atoms with Gasteiger partial charge in [-0.2, -0.15) is 0 Å². The predicted octanol–water partition coefficient (Wildman–Crippen LogP) is 10.1. The Balaban J connectivity index is 0.00000379. The molecular formula is C29H56. The van der Waals surface area contributed by atoms with Crippen molar-refractivity contribution in [3.05, 3.63) is 24.3 Å². The Morgan fingerprint density at radius 2 is 1.31 bits per heavy atom. The zero-order valence-electron chi connectivity index (χ0n) is 22.9. The summed E-state index contributed by atoms with van der Waals surface area (Å²) in [5.74, 6) is 1.23. The van der Waals surface area contributed by atoms with Gasteiger partial charge in [0.1, 0.15) is 0 Å². The molecule has 0 bridgehead atoms. The lowest BCUT2D eigenvalue weighted by Crippen LogP contribution is -2.48. The maximum absolute atomic E-state index is 4.48. The van der Waals surface area contributed by atoms with Crippen LogP contribution in [0, 0.1) is 38.9 Å². The molecule has 0 heterocycles. The van der Waals surface area contributed by atoms with Crippen LogP contribution in [-0.4, -0.2) is 0 Å². The molecule has 1 rings (SSSR count). The van der Waals surface area contributed by atoms with E-state index in [1.54, 1.807) is 0 Å². The smallest absolute Gasteiger partial charge is 0.0106 e. The van der Waals surface area contributed by atoms with Crippen LogP contribution in [0.4, 0.5) is 0 Å². The Hall–Kier alpha value is -0.520. The standard InChI is InChI=1S/C27H50.C2H6/c1-19-15-20(2)22(16-19)27(14,24(7,8)9)18-25(10,11)26(12,13)21(3)17-23(4,5)6;1-2/h21-22H,1-2,15-18H2,3-14H3;1-2H3. The molecule has 0 radical (unpaired) electrons. The Morgan fingerprint density at radius 1 is 0.862 bits per heavy atom. The van der Waals surface area contributed by atoms with Crippen LogP contribution in [0.5, 0.6) is 0 Å². The fourth-order valence-corrected chi connectivity index (χ4v) is 5.52. The van der Waals surface area contributed by atoms with Gasteiger partial charge in [-0.05, 0) is 64.6 Å². The SMILES string of the molecule is C=C1CC(=C)C(C(C)(CC(C)(C)C(C)(C)C(C)CC(C)(C)C)C(C)(C)C)C1.CC. The maximum atomic E-state index is 4.48. The van der Waals surface area contributed by atoms with E-state index >= 15 is 0 Å². The van der Waals surface area contributed by atoms with E-state index in [0.717, 1.165) is 12.8 Å². The average molecular weight is 405 g/mol. The van der Waals surface area contributed by atoms with Crippen LogP contribution in [0.2, 0.25) is 0 Å². The summed E-state index contributed by atoms with van der Waals surface area (Å²) in [5, 5.41) is 0. The summed E-state index contributed by atoms with van der Waals surface area (Å²) in [7, 11) is 0. The highest BCUT2D eigenvalue weighted by atomic mass is 14.6. The van der Waals surface area contributed by atoms with E-state index in [1.807, 2.05) is 13.8 Å². The first-order valence-corrected chi connectivity index (χ1v) is 12.1. The van der Waals surface area contributed by atoms with Crippen LogP contribution >= 0.6 is 0 Å². The fourth-order valence-electron chi connectivity index (χ4n) is 5.52. The minimum atomic E-state index is 0.214. The molecule has 0 heteroatoms. The molecule has 3 atom stereocenters. The summed E-state index contributed by atoms with van der Waals surface area (Å²) < 4.78 is 0. The van der Waals surface area contributed by atoms with E-state index in [-0.39, 0.29) is 21.7 Å². The zero-order valence-corrected chi connectivity index (χ0v) is 22.9. The van der Waals surface area contributed by atoms with Gasteiger partial charge in [0.05, 0.1) is 0 Å². The molecule has 1 aliphatic rings. The van der Waals surface area contributed by atoms with Gasteiger partial charge in [-0.15, -0.1) is 0 Å². The summed E-state index contributed by atoms with van der Waals surface area (Å²) >= 11 is 0. The number of rotatable bonds is 6. The van der Waals surface area contributed by atoms with Gasteiger partial charge >= 0.3 is 0 Å². The molecule has 1 fully saturated rings. The van der Waals surface area contributed by atoms with Crippen molar-refractivity contribution in [1.82, 2.24) is 0 Å². The van der Waals surface area contributed by atoms with Crippen LogP contribution in [0.25, 0.3) is 0 Å². The lowest BCUT2D eigenvalue weighted by Gasteiger charge is -2.56. The van der Waals surface area contributed by atoms with Crippen molar-refractivity contribution in [3.63, 3.8) is 0 Å². The van der Waals surface area contributed by atoms with Crippen molar-refractivity contribution >= 4 is 0 Å². The summed E-state index contributed by atoms with van der Waals surface area (Å²) in [6.45, 7) is 42.3. The summed E-state index contributed by atoms with van der Waals surface area (Å²) in [4.78, 5) is 0. The topological polar surface area (TPSA) is 0 Å². The molecule has 0 nitrogen and oxygen atoms in total. The molecule has 0 aromatic heterocycles. The molecule has 0 spiro atoms. The van der Waals surface area contributed by atoms with Crippen molar-refractivity contribution in [2.24, 2.45) is 38.9 Å². The summed E-state index contributed by atoms with van der Waals surface area (Å²) in [5.41, 5.74) is 4.11. The first kappa shape index (κ1) is 28.5. The van der Waals surface area contributed by atoms with Gasteiger partial charge in [0.15, 0.2) is 0 Å². The Bertz CT molecular complexity index is 558. The number of allylic oxidation sites excluding steroid dienone is 2. The van der Waals surface area contributed by atoms with Crippen LogP contribution in [0.3, 0.4) is 0 Å². The first-order chi connectivity index (χ1) is 12.7. The second-order valence-electron chi connectivity index (χ2n) is 13.5. The van der Waals surface area contributed by atoms with E-state index in [2.05, 4.69) is 96.2 Å². The van der Waals surface area contributed by atoms with Gasteiger partial charge in [-0.25, -0.2) is 0 Å². The van der Waals surface area contributed by atoms with Crippen molar-refractivity contribution in [3.8, 4) is 0 Å². The van der Waals surface area contributed by atoms with E-state index in [0.29, 0.717) is 17.3 Å². The Kier molecular flexibility index (Phi) is 9.15. The molecule has 172 valence electrons. The molecule has 0 aromatic carbocycles. The van der Waals surface area contributed by atoms with Crippen LogP contribution in [0.15, 0.2) is 24.3 Å². The second-order valence-corrected chi connectivity index (χ2v) is 13.5. The lowest BCUT2D eigenvalue weighted by molar-refractivity contribution is -0.0602. The number of hydrogen-bond donors (Lipinski definition) is 0.